The number of nitrogens with zero attached hydrogens (tertiary/aromatic N) is 4. The Balaban J connectivity index is 1.66. The molecule has 1 saturated carbocycles. The lowest BCUT2D eigenvalue weighted by Gasteiger charge is -2.21. The van der Waals surface area contributed by atoms with E-state index in [0.717, 1.165) is 31.7 Å². The van der Waals surface area contributed by atoms with E-state index in [-0.39, 0.29) is 28.3 Å². The number of carbonyl (C=O) groups is 1. The van der Waals surface area contributed by atoms with Gasteiger partial charge in [0.2, 0.25) is 0 Å². The minimum atomic E-state index is -4.75. The lowest BCUT2D eigenvalue weighted by molar-refractivity contribution is -0.384. The van der Waals surface area contributed by atoms with E-state index in [1.165, 1.54) is 36.8 Å². The molecule has 1 aliphatic rings. The zero-order valence-corrected chi connectivity index (χ0v) is 16.9. The van der Waals surface area contributed by atoms with Gasteiger partial charge < -0.3 is 5.32 Å². The molecule has 1 N–H and O–H groups in total. The molecule has 0 aliphatic heterocycles. The van der Waals surface area contributed by atoms with E-state index >= 15 is 0 Å². The summed E-state index contributed by atoms with van der Waals surface area (Å²) in [5, 5.41) is 17.4. The zero-order chi connectivity index (χ0) is 22.9. The maximum atomic E-state index is 13.7. The van der Waals surface area contributed by atoms with Crippen LogP contribution in [0.25, 0.3) is 16.9 Å². The molecule has 168 valence electrons. The maximum Gasteiger partial charge on any atom is 0.433 e. The summed E-state index contributed by atoms with van der Waals surface area (Å²) in [5.74, 6) is -0.187. The second-order valence-corrected chi connectivity index (χ2v) is 7.84. The summed E-state index contributed by atoms with van der Waals surface area (Å²) in [5.41, 5.74) is -1.34. The first-order chi connectivity index (χ1) is 15.2. The van der Waals surface area contributed by atoms with Crippen LogP contribution in [-0.2, 0) is 6.18 Å². The average molecular weight is 447 g/mol. The highest BCUT2D eigenvalue weighted by atomic mass is 19.4. The van der Waals surface area contributed by atoms with Gasteiger partial charge in [-0.3, -0.25) is 14.9 Å². The van der Waals surface area contributed by atoms with Crippen molar-refractivity contribution in [2.24, 2.45) is 5.92 Å². The molecule has 0 bridgehead atoms. The van der Waals surface area contributed by atoms with Gasteiger partial charge in [0.15, 0.2) is 17.0 Å². The number of amides is 1. The van der Waals surface area contributed by atoms with Crippen molar-refractivity contribution in [2.75, 3.05) is 6.54 Å². The molecule has 1 fully saturated rings. The standard InChI is InChI=1S/C21H20F3N5O3/c22-21(23,24)18-10-16(14-6-8-15(9-7-14)29(31)32)26-19-11-17(27-28(18)19)20(30)25-12-13-4-2-1-3-5-13/h6-11,13H,1-5,12H2,(H,25,30). The Bertz CT molecular complexity index is 1150. The predicted octanol–water partition coefficient (Wildman–Crippen LogP) is 4.63. The SMILES string of the molecule is O=C(NCC1CCCCC1)c1cc2nc(-c3ccc([N+](=O)[O-])cc3)cc(C(F)(F)F)n2n1. The molecule has 3 aromatic rings. The van der Waals surface area contributed by atoms with Crippen LogP contribution in [0.3, 0.4) is 0 Å². The van der Waals surface area contributed by atoms with Gasteiger partial charge in [0.1, 0.15) is 0 Å². The molecule has 2 heterocycles. The van der Waals surface area contributed by atoms with Crippen LogP contribution in [0.4, 0.5) is 18.9 Å². The van der Waals surface area contributed by atoms with Crippen molar-refractivity contribution in [3.8, 4) is 11.3 Å². The molecule has 11 heteroatoms. The van der Waals surface area contributed by atoms with E-state index in [0.29, 0.717) is 17.0 Å². The summed E-state index contributed by atoms with van der Waals surface area (Å²) in [4.78, 5) is 26.9. The molecule has 1 aliphatic carbocycles. The number of halogens is 3. The third-order valence-corrected chi connectivity index (χ3v) is 5.60. The van der Waals surface area contributed by atoms with Crippen LogP contribution >= 0.6 is 0 Å². The van der Waals surface area contributed by atoms with E-state index in [4.69, 9.17) is 0 Å². The van der Waals surface area contributed by atoms with Crippen molar-refractivity contribution >= 4 is 17.2 Å². The first-order valence-electron chi connectivity index (χ1n) is 10.2. The molecular weight excluding hydrogens is 427 g/mol. The first-order valence-corrected chi connectivity index (χ1v) is 10.2. The number of hydrogen-bond donors (Lipinski definition) is 1. The molecule has 0 saturated heterocycles. The third kappa shape index (κ3) is 4.56. The topological polar surface area (TPSA) is 102 Å². The van der Waals surface area contributed by atoms with E-state index in [1.54, 1.807) is 0 Å². The van der Waals surface area contributed by atoms with Crippen molar-refractivity contribution < 1.29 is 22.9 Å². The highest BCUT2D eigenvalue weighted by Gasteiger charge is 2.35. The van der Waals surface area contributed by atoms with Gasteiger partial charge in [-0.25, -0.2) is 9.50 Å². The summed E-state index contributed by atoms with van der Waals surface area (Å²) in [7, 11) is 0. The number of nitro groups is 1. The van der Waals surface area contributed by atoms with Gasteiger partial charge in [-0.05, 0) is 37.0 Å². The molecule has 0 spiro atoms. The highest BCUT2D eigenvalue weighted by Crippen LogP contribution is 2.32. The van der Waals surface area contributed by atoms with Gasteiger partial charge in [0.25, 0.3) is 11.6 Å². The number of hydrogen-bond acceptors (Lipinski definition) is 5. The molecule has 0 unspecified atom stereocenters. The molecule has 2 aromatic heterocycles. The van der Waals surface area contributed by atoms with E-state index in [1.807, 2.05) is 0 Å². The number of rotatable bonds is 5. The Hall–Kier alpha value is -3.50. The van der Waals surface area contributed by atoms with Crippen LogP contribution < -0.4 is 5.32 Å². The Morgan fingerprint density at radius 2 is 1.84 bits per heavy atom. The number of benzene rings is 1. The molecule has 0 radical (unpaired) electrons. The van der Waals surface area contributed by atoms with E-state index < -0.39 is 22.7 Å². The minimum Gasteiger partial charge on any atom is -0.350 e. The van der Waals surface area contributed by atoms with Gasteiger partial charge in [-0.1, -0.05) is 19.3 Å². The molecule has 1 aromatic carbocycles. The minimum absolute atomic E-state index is 0.0335. The summed E-state index contributed by atoms with van der Waals surface area (Å²) in [6.45, 7) is 0.459. The molecular formula is C21H20F3N5O3. The fourth-order valence-corrected chi connectivity index (χ4v) is 3.91. The fourth-order valence-electron chi connectivity index (χ4n) is 3.91. The van der Waals surface area contributed by atoms with Gasteiger partial charge in [0.05, 0.1) is 10.6 Å². The lowest BCUT2D eigenvalue weighted by Crippen LogP contribution is -2.30. The van der Waals surface area contributed by atoms with Gasteiger partial charge >= 0.3 is 6.18 Å². The van der Waals surface area contributed by atoms with Crippen LogP contribution in [0, 0.1) is 16.0 Å². The highest BCUT2D eigenvalue weighted by molar-refractivity contribution is 5.93. The van der Waals surface area contributed by atoms with E-state index in [2.05, 4.69) is 15.4 Å². The summed E-state index contributed by atoms with van der Waals surface area (Å²) < 4.78 is 41.7. The quantitative estimate of drug-likeness (QED) is 0.454. The Morgan fingerprint density at radius 3 is 2.47 bits per heavy atom. The monoisotopic (exact) mass is 447 g/mol. The average Bonchev–Trinajstić information content (AvgIpc) is 3.21. The number of nitro benzene ring substituents is 1. The molecule has 0 atom stereocenters. The number of non-ortho nitro benzene ring substituents is 1. The largest absolute Gasteiger partial charge is 0.433 e. The number of aromatic nitrogens is 3. The van der Waals surface area contributed by atoms with Gasteiger partial charge in [-0.15, -0.1) is 0 Å². The van der Waals surface area contributed by atoms with Crippen LogP contribution in [0.15, 0.2) is 36.4 Å². The summed E-state index contributed by atoms with van der Waals surface area (Å²) in [6, 6.07) is 7.05. The number of carbonyl (C=O) groups excluding carboxylic acids is 1. The Morgan fingerprint density at radius 1 is 1.16 bits per heavy atom. The second kappa shape index (κ2) is 8.56. The summed E-state index contributed by atoms with van der Waals surface area (Å²) in [6.07, 6.45) is 0.685. The summed E-state index contributed by atoms with van der Waals surface area (Å²) >= 11 is 0. The maximum absolute atomic E-state index is 13.7. The van der Waals surface area contributed by atoms with Crippen LogP contribution in [0.2, 0.25) is 0 Å². The van der Waals surface area contributed by atoms with Gasteiger partial charge in [0, 0.05) is 30.3 Å². The van der Waals surface area contributed by atoms with Crippen LogP contribution in [0.5, 0.6) is 0 Å². The van der Waals surface area contributed by atoms with Crippen molar-refractivity contribution in [3.05, 3.63) is 57.9 Å². The van der Waals surface area contributed by atoms with Crippen molar-refractivity contribution in [1.82, 2.24) is 19.9 Å². The Labute approximate surface area is 180 Å². The van der Waals surface area contributed by atoms with Crippen molar-refractivity contribution in [3.63, 3.8) is 0 Å². The second-order valence-electron chi connectivity index (χ2n) is 7.84. The van der Waals surface area contributed by atoms with Crippen LogP contribution in [-0.4, -0.2) is 32.0 Å². The van der Waals surface area contributed by atoms with Crippen LogP contribution in [0.1, 0.15) is 48.3 Å². The van der Waals surface area contributed by atoms with Crippen molar-refractivity contribution in [2.45, 2.75) is 38.3 Å². The lowest BCUT2D eigenvalue weighted by atomic mass is 9.89. The fraction of sp³-hybridized carbons (Fsp3) is 0.381. The number of fused-ring (bicyclic) bond motifs is 1. The van der Waals surface area contributed by atoms with E-state index in [9.17, 15) is 28.1 Å². The molecule has 1 amide bonds. The normalized spacial score (nSPS) is 15.1. The molecule has 32 heavy (non-hydrogen) atoms. The van der Waals surface area contributed by atoms with Gasteiger partial charge in [-0.2, -0.15) is 18.3 Å². The third-order valence-electron chi connectivity index (χ3n) is 5.60. The molecule has 8 nitrogen and oxygen atoms in total. The smallest absolute Gasteiger partial charge is 0.350 e. The zero-order valence-electron chi connectivity index (χ0n) is 16.9. The molecule has 4 rings (SSSR count). The van der Waals surface area contributed by atoms with Crippen molar-refractivity contribution in [1.29, 1.82) is 0 Å². The first kappa shape index (κ1) is 21.7. The Kier molecular flexibility index (Phi) is 5.81. The number of alkyl halides is 3. The number of nitrogens with one attached hydrogen (secondary N) is 1. The predicted molar refractivity (Wildman–Crippen MR) is 109 cm³/mol.